The van der Waals surface area contributed by atoms with Gasteiger partial charge in [0.15, 0.2) is 6.10 Å². The highest BCUT2D eigenvalue weighted by atomic mass is 16.6. The fourth-order valence-corrected chi connectivity index (χ4v) is 2.76. The quantitative estimate of drug-likeness (QED) is 0.523. The van der Waals surface area contributed by atoms with E-state index in [0.29, 0.717) is 37.4 Å². The maximum atomic E-state index is 11.8. The standard InChI is InChI=1S/C20H26O6/c1-4-24-20(22)14(2)17-10-11-18(26-17)19(25-15(3)21)13-23-12-16-8-6-5-7-9-16/h5-9,18-19H,4,10-13H2,1-3H3/b17-14-/t18-,19-/m1/s1. The predicted molar refractivity (Wildman–Crippen MR) is 95.1 cm³/mol. The molecule has 26 heavy (non-hydrogen) atoms. The van der Waals surface area contributed by atoms with Crippen LogP contribution in [0.1, 0.15) is 39.2 Å². The lowest BCUT2D eigenvalue weighted by atomic mass is 10.1. The van der Waals surface area contributed by atoms with Crippen LogP contribution in [-0.2, 0) is 35.1 Å². The highest BCUT2D eigenvalue weighted by Crippen LogP contribution is 2.29. The van der Waals surface area contributed by atoms with Gasteiger partial charge in [0.25, 0.3) is 0 Å². The van der Waals surface area contributed by atoms with Crippen molar-refractivity contribution in [3.63, 3.8) is 0 Å². The second kappa shape index (κ2) is 9.97. The predicted octanol–water partition coefficient (Wildman–Crippen LogP) is 3.15. The lowest BCUT2D eigenvalue weighted by molar-refractivity contribution is -0.157. The zero-order valence-electron chi connectivity index (χ0n) is 15.5. The summed E-state index contributed by atoms with van der Waals surface area (Å²) in [6.07, 6.45) is 0.391. The summed E-state index contributed by atoms with van der Waals surface area (Å²) in [7, 11) is 0. The fourth-order valence-electron chi connectivity index (χ4n) is 2.76. The van der Waals surface area contributed by atoms with Gasteiger partial charge in [0.05, 0.1) is 25.4 Å². The van der Waals surface area contributed by atoms with Gasteiger partial charge >= 0.3 is 11.9 Å². The van der Waals surface area contributed by atoms with E-state index in [2.05, 4.69) is 0 Å². The Kier molecular flexibility index (Phi) is 7.66. The van der Waals surface area contributed by atoms with Crippen LogP contribution in [0.3, 0.4) is 0 Å². The lowest BCUT2D eigenvalue weighted by Gasteiger charge is -2.23. The number of hydrogen-bond acceptors (Lipinski definition) is 6. The van der Waals surface area contributed by atoms with Gasteiger partial charge in [-0.2, -0.15) is 0 Å². The third kappa shape index (κ3) is 5.88. The zero-order chi connectivity index (χ0) is 18.9. The molecule has 1 saturated heterocycles. The minimum Gasteiger partial charge on any atom is -0.490 e. The second-order valence-corrected chi connectivity index (χ2v) is 6.11. The van der Waals surface area contributed by atoms with Crippen molar-refractivity contribution in [2.45, 2.75) is 52.4 Å². The molecule has 0 spiro atoms. The molecule has 0 radical (unpaired) electrons. The minimum absolute atomic E-state index is 0.227. The van der Waals surface area contributed by atoms with Crippen LogP contribution < -0.4 is 0 Å². The van der Waals surface area contributed by atoms with Crippen LogP contribution in [-0.4, -0.2) is 37.4 Å². The highest BCUT2D eigenvalue weighted by molar-refractivity contribution is 5.88. The van der Waals surface area contributed by atoms with E-state index in [4.69, 9.17) is 18.9 Å². The number of rotatable bonds is 8. The summed E-state index contributed by atoms with van der Waals surface area (Å²) in [4.78, 5) is 23.3. The third-order valence-corrected chi connectivity index (χ3v) is 4.08. The van der Waals surface area contributed by atoms with E-state index in [-0.39, 0.29) is 24.6 Å². The lowest BCUT2D eigenvalue weighted by Crippen LogP contribution is -2.34. The molecule has 142 valence electrons. The van der Waals surface area contributed by atoms with Crippen LogP contribution in [0.15, 0.2) is 41.7 Å². The van der Waals surface area contributed by atoms with E-state index < -0.39 is 6.10 Å². The number of carbonyl (C=O) groups is 2. The summed E-state index contributed by atoms with van der Waals surface area (Å²) in [5.74, 6) is -0.178. The molecule has 6 nitrogen and oxygen atoms in total. The minimum atomic E-state index is -0.524. The summed E-state index contributed by atoms with van der Waals surface area (Å²) in [6, 6.07) is 9.76. The fraction of sp³-hybridized carbons (Fsp3) is 0.500. The molecule has 0 aliphatic carbocycles. The summed E-state index contributed by atoms with van der Waals surface area (Å²) in [5, 5.41) is 0. The molecule has 1 fully saturated rings. The average molecular weight is 362 g/mol. The van der Waals surface area contributed by atoms with E-state index >= 15 is 0 Å². The molecular formula is C20H26O6. The number of hydrogen-bond donors (Lipinski definition) is 0. The van der Waals surface area contributed by atoms with Gasteiger partial charge in [-0.1, -0.05) is 30.3 Å². The molecule has 0 N–H and O–H groups in total. The second-order valence-electron chi connectivity index (χ2n) is 6.11. The van der Waals surface area contributed by atoms with Crippen molar-refractivity contribution >= 4 is 11.9 Å². The van der Waals surface area contributed by atoms with Crippen molar-refractivity contribution in [3.8, 4) is 0 Å². The third-order valence-electron chi connectivity index (χ3n) is 4.08. The molecule has 2 rings (SSSR count). The largest absolute Gasteiger partial charge is 0.490 e. The molecule has 1 aromatic rings. The van der Waals surface area contributed by atoms with Crippen LogP contribution in [0.2, 0.25) is 0 Å². The molecule has 6 heteroatoms. The zero-order valence-corrected chi connectivity index (χ0v) is 15.5. The van der Waals surface area contributed by atoms with Gasteiger partial charge in [-0.3, -0.25) is 4.79 Å². The Bertz CT molecular complexity index is 637. The summed E-state index contributed by atoms with van der Waals surface area (Å²) < 4.78 is 22.0. The smallest absolute Gasteiger partial charge is 0.337 e. The van der Waals surface area contributed by atoms with Crippen LogP contribution in [0.5, 0.6) is 0 Å². The van der Waals surface area contributed by atoms with E-state index in [1.165, 1.54) is 6.92 Å². The first-order valence-electron chi connectivity index (χ1n) is 8.83. The monoisotopic (exact) mass is 362 g/mol. The summed E-state index contributed by atoms with van der Waals surface area (Å²) in [5.41, 5.74) is 1.50. The van der Waals surface area contributed by atoms with Crippen molar-refractivity contribution in [3.05, 3.63) is 47.2 Å². The maximum Gasteiger partial charge on any atom is 0.337 e. The van der Waals surface area contributed by atoms with Gasteiger partial charge in [0, 0.05) is 13.3 Å². The Morgan fingerprint density at radius 1 is 1.23 bits per heavy atom. The Morgan fingerprint density at radius 2 is 1.96 bits per heavy atom. The van der Waals surface area contributed by atoms with Gasteiger partial charge in [-0.25, -0.2) is 4.79 Å². The van der Waals surface area contributed by atoms with Gasteiger partial charge in [-0.05, 0) is 25.8 Å². The normalized spacial score (nSPS) is 19.4. The number of esters is 2. The average Bonchev–Trinajstić information content (AvgIpc) is 3.11. The van der Waals surface area contributed by atoms with Crippen LogP contribution >= 0.6 is 0 Å². The van der Waals surface area contributed by atoms with E-state index in [0.717, 1.165) is 5.56 Å². The summed E-state index contributed by atoms with van der Waals surface area (Å²) in [6.45, 7) is 5.77. The van der Waals surface area contributed by atoms with E-state index in [9.17, 15) is 9.59 Å². The molecule has 0 bridgehead atoms. The van der Waals surface area contributed by atoms with Crippen molar-refractivity contribution in [1.82, 2.24) is 0 Å². The molecule has 1 aliphatic rings. The number of carbonyl (C=O) groups excluding carboxylic acids is 2. The maximum absolute atomic E-state index is 11.8. The Labute approximate surface area is 154 Å². The number of ether oxygens (including phenoxy) is 4. The molecule has 1 heterocycles. The van der Waals surface area contributed by atoms with Crippen LogP contribution in [0, 0.1) is 0 Å². The van der Waals surface area contributed by atoms with Gasteiger partial charge in [0.2, 0.25) is 0 Å². The first kappa shape index (κ1) is 20.0. The number of benzene rings is 1. The first-order valence-corrected chi connectivity index (χ1v) is 8.83. The first-order chi connectivity index (χ1) is 12.5. The van der Waals surface area contributed by atoms with Gasteiger partial charge in [0.1, 0.15) is 11.9 Å². The van der Waals surface area contributed by atoms with Crippen molar-refractivity contribution in [2.75, 3.05) is 13.2 Å². The Balaban J connectivity index is 1.95. The Hall–Kier alpha value is -2.34. The van der Waals surface area contributed by atoms with Crippen molar-refractivity contribution < 1.29 is 28.5 Å². The van der Waals surface area contributed by atoms with Gasteiger partial charge in [-0.15, -0.1) is 0 Å². The molecule has 0 aromatic heterocycles. The molecular weight excluding hydrogens is 336 g/mol. The van der Waals surface area contributed by atoms with E-state index in [1.54, 1.807) is 13.8 Å². The molecule has 0 amide bonds. The molecule has 1 aliphatic heterocycles. The highest BCUT2D eigenvalue weighted by Gasteiger charge is 2.33. The van der Waals surface area contributed by atoms with E-state index in [1.807, 2.05) is 30.3 Å². The van der Waals surface area contributed by atoms with Crippen LogP contribution in [0.4, 0.5) is 0 Å². The molecule has 2 atom stereocenters. The SMILES string of the molecule is CCOC(=O)/C(C)=C1/CC[C@H]([C@@H](COCc2ccccc2)OC(C)=O)O1. The number of allylic oxidation sites excluding steroid dienone is 1. The molecule has 1 aromatic carbocycles. The summed E-state index contributed by atoms with van der Waals surface area (Å²) >= 11 is 0. The van der Waals surface area contributed by atoms with Crippen molar-refractivity contribution in [1.29, 1.82) is 0 Å². The molecule has 0 unspecified atom stereocenters. The topological polar surface area (TPSA) is 71.1 Å². The van der Waals surface area contributed by atoms with Crippen molar-refractivity contribution in [2.24, 2.45) is 0 Å². The molecule has 0 saturated carbocycles. The van der Waals surface area contributed by atoms with Gasteiger partial charge < -0.3 is 18.9 Å². The Morgan fingerprint density at radius 3 is 2.62 bits per heavy atom. The van der Waals surface area contributed by atoms with Crippen LogP contribution in [0.25, 0.3) is 0 Å².